The molecule has 4 fully saturated rings. The van der Waals surface area contributed by atoms with Gasteiger partial charge in [-0.1, -0.05) is 48.5 Å². The fraction of sp³-hybridized carbons (Fsp3) is 0.462. The van der Waals surface area contributed by atoms with Crippen LogP contribution in [0.1, 0.15) is 55.8 Å². The number of fused-ring (bicyclic) bond motifs is 3. The molecule has 154 valence electrons. The zero-order valence-corrected chi connectivity index (χ0v) is 17.1. The summed E-state index contributed by atoms with van der Waals surface area (Å²) >= 11 is 0. The van der Waals surface area contributed by atoms with Crippen LogP contribution in [0.15, 0.2) is 48.5 Å². The van der Waals surface area contributed by atoms with Gasteiger partial charge in [0.05, 0.1) is 0 Å². The van der Waals surface area contributed by atoms with Gasteiger partial charge in [0.2, 0.25) is 5.91 Å². The van der Waals surface area contributed by atoms with Crippen LogP contribution in [-0.4, -0.2) is 18.4 Å². The molecule has 0 unspecified atom stereocenters. The smallest absolute Gasteiger partial charge is 0.326 e. The minimum absolute atomic E-state index is 0.0541. The topological polar surface area (TPSA) is 55.4 Å². The fourth-order valence-electron chi connectivity index (χ4n) is 7.14. The molecule has 0 atom stereocenters. The third-order valence-electron chi connectivity index (χ3n) is 7.94. The Kier molecular flexibility index (Phi) is 4.06. The Morgan fingerprint density at radius 1 is 0.833 bits per heavy atom. The van der Waals surface area contributed by atoms with E-state index in [-0.39, 0.29) is 23.8 Å². The Bertz CT molecular complexity index is 946. The maximum Gasteiger partial charge on any atom is 0.326 e. The molecule has 1 N–H and O–H groups in total. The van der Waals surface area contributed by atoms with Gasteiger partial charge in [-0.2, -0.15) is 0 Å². The normalized spacial score (nSPS) is 30.6. The molecule has 4 heteroatoms. The Morgan fingerprint density at radius 2 is 1.33 bits per heavy atom. The van der Waals surface area contributed by atoms with Crippen LogP contribution in [0.4, 0.5) is 0 Å². The average molecular weight is 402 g/mol. The number of carbonyl (C=O) groups excluding carboxylic acids is 2. The van der Waals surface area contributed by atoms with Gasteiger partial charge in [0.15, 0.2) is 6.10 Å². The quantitative estimate of drug-likeness (QED) is 0.760. The van der Waals surface area contributed by atoms with Crippen LogP contribution in [0.3, 0.4) is 0 Å². The SMILES string of the molecule is O=C(CNC(=O)C12CC3CC(CC(C3)C1)C2)OC1c2ccccc2-c2ccccc21. The number of benzene rings is 2. The van der Waals surface area contributed by atoms with Crippen molar-refractivity contribution < 1.29 is 14.3 Å². The molecule has 1 amide bonds. The first-order valence-corrected chi connectivity index (χ1v) is 11.3. The van der Waals surface area contributed by atoms with Gasteiger partial charge in [-0.15, -0.1) is 0 Å². The van der Waals surface area contributed by atoms with Crippen LogP contribution >= 0.6 is 0 Å². The van der Waals surface area contributed by atoms with E-state index in [1.807, 2.05) is 36.4 Å². The summed E-state index contributed by atoms with van der Waals surface area (Å²) in [6.45, 7) is -0.0541. The Balaban J connectivity index is 1.14. The summed E-state index contributed by atoms with van der Waals surface area (Å²) in [5.41, 5.74) is 4.02. The predicted octanol–water partition coefficient (Wildman–Crippen LogP) is 4.63. The van der Waals surface area contributed by atoms with Crippen molar-refractivity contribution in [2.75, 3.05) is 6.54 Å². The van der Waals surface area contributed by atoms with Crippen LogP contribution in [-0.2, 0) is 14.3 Å². The van der Waals surface area contributed by atoms with E-state index in [1.54, 1.807) is 0 Å². The molecule has 4 bridgehead atoms. The van der Waals surface area contributed by atoms with Crippen molar-refractivity contribution >= 4 is 11.9 Å². The minimum Gasteiger partial charge on any atom is -0.451 e. The molecule has 0 aliphatic heterocycles. The molecule has 0 radical (unpaired) electrons. The monoisotopic (exact) mass is 401 g/mol. The number of ether oxygens (including phenoxy) is 1. The lowest BCUT2D eigenvalue weighted by molar-refractivity contribution is -0.152. The van der Waals surface area contributed by atoms with Gasteiger partial charge < -0.3 is 10.1 Å². The molecular formula is C26H27NO3. The van der Waals surface area contributed by atoms with E-state index in [1.165, 1.54) is 19.3 Å². The zero-order chi connectivity index (χ0) is 20.3. The summed E-state index contributed by atoms with van der Waals surface area (Å²) in [7, 11) is 0. The van der Waals surface area contributed by atoms with Crippen molar-refractivity contribution in [3.63, 3.8) is 0 Å². The number of hydrogen-bond acceptors (Lipinski definition) is 3. The lowest BCUT2D eigenvalue weighted by Crippen LogP contribution is -2.54. The maximum absolute atomic E-state index is 13.1. The molecule has 7 rings (SSSR count). The van der Waals surface area contributed by atoms with Gasteiger partial charge in [0.1, 0.15) is 6.54 Å². The Morgan fingerprint density at radius 3 is 1.87 bits per heavy atom. The van der Waals surface area contributed by atoms with E-state index in [9.17, 15) is 9.59 Å². The lowest BCUT2D eigenvalue weighted by atomic mass is 9.49. The number of esters is 1. The molecule has 0 heterocycles. The molecule has 2 aromatic carbocycles. The van der Waals surface area contributed by atoms with Gasteiger partial charge in [0, 0.05) is 16.5 Å². The number of amides is 1. The lowest BCUT2D eigenvalue weighted by Gasteiger charge is -2.55. The predicted molar refractivity (Wildman–Crippen MR) is 113 cm³/mol. The molecule has 4 saturated carbocycles. The second-order valence-corrected chi connectivity index (χ2v) is 9.92. The largest absolute Gasteiger partial charge is 0.451 e. The Labute approximate surface area is 177 Å². The second-order valence-electron chi connectivity index (χ2n) is 9.92. The number of hydrogen-bond donors (Lipinski definition) is 1. The summed E-state index contributed by atoms with van der Waals surface area (Å²) in [5, 5.41) is 2.95. The fourth-order valence-corrected chi connectivity index (χ4v) is 7.14. The van der Waals surface area contributed by atoms with Crippen molar-refractivity contribution in [3.8, 4) is 11.1 Å². The van der Waals surface area contributed by atoms with Crippen molar-refractivity contribution in [2.24, 2.45) is 23.2 Å². The van der Waals surface area contributed by atoms with Crippen molar-refractivity contribution in [1.82, 2.24) is 5.32 Å². The molecule has 4 nitrogen and oxygen atoms in total. The first kappa shape index (κ1) is 18.2. The highest BCUT2D eigenvalue weighted by atomic mass is 16.5. The third-order valence-corrected chi connectivity index (χ3v) is 7.94. The maximum atomic E-state index is 13.1. The standard InChI is InChI=1S/C26H27NO3/c28-23(15-27-25(29)26-12-16-9-17(13-26)11-18(10-16)14-26)30-24-21-7-3-1-5-19(21)20-6-2-4-8-22(20)24/h1-8,16-18,24H,9-15H2,(H,27,29). The van der Waals surface area contributed by atoms with E-state index in [2.05, 4.69) is 17.4 Å². The molecule has 5 aliphatic carbocycles. The van der Waals surface area contributed by atoms with E-state index >= 15 is 0 Å². The first-order chi connectivity index (χ1) is 14.6. The van der Waals surface area contributed by atoms with E-state index < -0.39 is 6.10 Å². The number of rotatable bonds is 4. The van der Waals surface area contributed by atoms with E-state index in [4.69, 9.17) is 4.74 Å². The highest BCUT2D eigenvalue weighted by Gasteiger charge is 2.54. The third kappa shape index (κ3) is 2.80. The molecule has 0 spiro atoms. The van der Waals surface area contributed by atoms with Crippen LogP contribution in [0.5, 0.6) is 0 Å². The van der Waals surface area contributed by atoms with Gasteiger partial charge in [0.25, 0.3) is 0 Å². The first-order valence-electron chi connectivity index (χ1n) is 11.3. The van der Waals surface area contributed by atoms with E-state index in [0.717, 1.165) is 41.5 Å². The van der Waals surface area contributed by atoms with Gasteiger partial charge in [-0.05, 0) is 67.4 Å². The molecule has 30 heavy (non-hydrogen) atoms. The van der Waals surface area contributed by atoms with Crippen LogP contribution < -0.4 is 5.32 Å². The van der Waals surface area contributed by atoms with Crippen LogP contribution in [0.25, 0.3) is 11.1 Å². The summed E-state index contributed by atoms with van der Waals surface area (Å²) in [5.74, 6) is 1.83. The summed E-state index contributed by atoms with van der Waals surface area (Å²) in [6.07, 6.45) is 6.51. The van der Waals surface area contributed by atoms with E-state index in [0.29, 0.717) is 17.8 Å². The summed E-state index contributed by atoms with van der Waals surface area (Å²) in [6, 6.07) is 16.1. The van der Waals surface area contributed by atoms with Crippen molar-refractivity contribution in [2.45, 2.75) is 44.6 Å². The second kappa shape index (κ2) is 6.69. The molecular weight excluding hydrogens is 374 g/mol. The summed E-state index contributed by atoms with van der Waals surface area (Å²) < 4.78 is 5.88. The van der Waals surface area contributed by atoms with Crippen LogP contribution in [0.2, 0.25) is 0 Å². The van der Waals surface area contributed by atoms with Gasteiger partial charge >= 0.3 is 5.97 Å². The van der Waals surface area contributed by atoms with Crippen molar-refractivity contribution in [1.29, 1.82) is 0 Å². The van der Waals surface area contributed by atoms with Crippen LogP contribution in [0, 0.1) is 23.2 Å². The van der Waals surface area contributed by atoms with Gasteiger partial charge in [-0.25, -0.2) is 0 Å². The average Bonchev–Trinajstić information content (AvgIpc) is 3.05. The molecule has 0 aromatic heterocycles. The summed E-state index contributed by atoms with van der Waals surface area (Å²) in [4.78, 5) is 25.8. The van der Waals surface area contributed by atoms with Crippen molar-refractivity contribution in [3.05, 3.63) is 59.7 Å². The number of carbonyl (C=O) groups is 2. The molecule has 2 aromatic rings. The molecule has 0 saturated heterocycles. The highest BCUT2D eigenvalue weighted by molar-refractivity contribution is 5.87. The highest BCUT2D eigenvalue weighted by Crippen LogP contribution is 2.60. The zero-order valence-electron chi connectivity index (χ0n) is 17.1. The number of nitrogens with one attached hydrogen (secondary N) is 1. The van der Waals surface area contributed by atoms with Gasteiger partial charge in [-0.3, -0.25) is 9.59 Å². The molecule has 5 aliphatic rings. The Hall–Kier alpha value is -2.62. The minimum atomic E-state index is -0.402.